The van der Waals surface area contributed by atoms with E-state index in [1.54, 1.807) is 11.8 Å². The molecule has 0 bridgehead atoms. The van der Waals surface area contributed by atoms with E-state index < -0.39 is 0 Å². The maximum Gasteiger partial charge on any atom is 0.218 e. The fourth-order valence-electron chi connectivity index (χ4n) is 1.68. The molecule has 4 nitrogen and oxygen atoms in total. The summed E-state index contributed by atoms with van der Waals surface area (Å²) in [5, 5.41) is 5.59. The van der Waals surface area contributed by atoms with Gasteiger partial charge in [0.1, 0.15) is 12.4 Å². The van der Waals surface area contributed by atoms with Gasteiger partial charge < -0.3 is 4.74 Å². The molecule has 1 unspecified atom stereocenters. The Morgan fingerprint density at radius 1 is 1.41 bits per heavy atom. The smallest absolute Gasteiger partial charge is 0.218 e. The Labute approximate surface area is 112 Å². The van der Waals surface area contributed by atoms with Crippen LogP contribution in [0.15, 0.2) is 40.2 Å². The lowest BCUT2D eigenvalue weighted by atomic mass is 10.3. The molecule has 0 N–H and O–H groups in total. The fraction of sp³-hybridized carbons (Fsp3) is 0.273. The largest absolute Gasteiger partial charge is 0.492 e. The summed E-state index contributed by atoms with van der Waals surface area (Å²) in [4.78, 5) is 4.27. The summed E-state index contributed by atoms with van der Waals surface area (Å²) in [7, 11) is 0. The lowest BCUT2D eigenvalue weighted by Crippen LogP contribution is -2.16. The number of halogens is 1. The summed E-state index contributed by atoms with van der Waals surface area (Å²) in [5.41, 5.74) is 0. The molecule has 1 aliphatic rings. The predicted molar refractivity (Wildman–Crippen MR) is 69.3 cm³/mol. The molecule has 17 heavy (non-hydrogen) atoms. The lowest BCUT2D eigenvalue weighted by Gasteiger charge is -2.09. The third-order valence-corrected chi connectivity index (χ3v) is 3.91. The molecule has 0 radical (unpaired) electrons. The van der Waals surface area contributed by atoms with E-state index >= 15 is 0 Å². The molecule has 1 aromatic carbocycles. The van der Waals surface area contributed by atoms with Crippen LogP contribution < -0.4 is 4.74 Å². The number of hydrogen-bond acceptors (Lipinski definition) is 4. The van der Waals surface area contributed by atoms with Gasteiger partial charge >= 0.3 is 0 Å². The Kier molecular flexibility index (Phi) is 3.07. The van der Waals surface area contributed by atoms with Gasteiger partial charge in [0.2, 0.25) is 4.73 Å². The van der Waals surface area contributed by atoms with Crippen LogP contribution in [0.1, 0.15) is 0 Å². The van der Waals surface area contributed by atoms with Gasteiger partial charge in [-0.25, -0.2) is 4.68 Å². The Hall–Kier alpha value is -1.01. The number of fused-ring (bicyclic) bond motifs is 1. The van der Waals surface area contributed by atoms with Crippen LogP contribution in [-0.2, 0) is 6.54 Å². The maximum atomic E-state index is 5.72. The molecule has 88 valence electrons. The second-order valence-electron chi connectivity index (χ2n) is 3.71. The Balaban J connectivity index is 1.57. The van der Waals surface area contributed by atoms with E-state index in [4.69, 9.17) is 4.74 Å². The third-order valence-electron chi connectivity index (χ3n) is 2.44. The lowest BCUT2D eigenvalue weighted by molar-refractivity contribution is 0.307. The van der Waals surface area contributed by atoms with Gasteiger partial charge in [-0.05, 0) is 28.1 Å². The second kappa shape index (κ2) is 4.70. The molecule has 1 aromatic heterocycles. The second-order valence-corrected chi connectivity index (χ2v) is 5.69. The fourth-order valence-corrected chi connectivity index (χ4v) is 3.18. The van der Waals surface area contributed by atoms with Crippen molar-refractivity contribution in [2.45, 2.75) is 17.0 Å². The monoisotopic (exact) mass is 311 g/mol. The van der Waals surface area contributed by atoms with Crippen LogP contribution in [0.25, 0.3) is 0 Å². The van der Waals surface area contributed by atoms with Gasteiger partial charge in [0.15, 0.2) is 5.16 Å². The molecule has 1 atom stereocenters. The number of ether oxygens (including phenoxy) is 1. The van der Waals surface area contributed by atoms with Gasteiger partial charge in [0.05, 0.1) is 11.8 Å². The third kappa shape index (κ3) is 2.47. The van der Waals surface area contributed by atoms with Gasteiger partial charge in [0, 0.05) is 0 Å². The zero-order chi connectivity index (χ0) is 11.7. The van der Waals surface area contributed by atoms with Crippen LogP contribution in [0.3, 0.4) is 0 Å². The topological polar surface area (TPSA) is 39.9 Å². The summed E-state index contributed by atoms with van der Waals surface area (Å²) in [6, 6.07) is 9.86. The summed E-state index contributed by atoms with van der Waals surface area (Å²) >= 11 is 4.98. The molecule has 3 rings (SSSR count). The van der Waals surface area contributed by atoms with Crippen LogP contribution in [0.5, 0.6) is 5.75 Å². The number of para-hydroxylation sites is 1. The van der Waals surface area contributed by atoms with Crippen molar-refractivity contribution in [1.82, 2.24) is 14.8 Å². The van der Waals surface area contributed by atoms with Gasteiger partial charge in [0.25, 0.3) is 0 Å². The highest BCUT2D eigenvalue weighted by Crippen LogP contribution is 2.31. The number of thioether (sulfide) groups is 1. The van der Waals surface area contributed by atoms with E-state index in [1.807, 2.05) is 35.0 Å². The average Bonchev–Trinajstić information content (AvgIpc) is 2.84. The van der Waals surface area contributed by atoms with Crippen molar-refractivity contribution in [3.05, 3.63) is 35.1 Å². The van der Waals surface area contributed by atoms with E-state index in [0.717, 1.165) is 17.5 Å². The van der Waals surface area contributed by atoms with E-state index in [-0.39, 0.29) is 0 Å². The summed E-state index contributed by atoms with van der Waals surface area (Å²) in [6.45, 7) is 1.53. The van der Waals surface area contributed by atoms with Crippen LogP contribution in [-0.4, -0.2) is 26.6 Å². The van der Waals surface area contributed by atoms with Crippen molar-refractivity contribution in [3.63, 3.8) is 0 Å². The highest BCUT2D eigenvalue weighted by atomic mass is 79.9. The summed E-state index contributed by atoms with van der Waals surface area (Å²) < 4.78 is 8.28. The quantitative estimate of drug-likeness (QED) is 0.873. The number of nitrogens with zero attached hydrogens (tertiary/aromatic N) is 3. The van der Waals surface area contributed by atoms with Crippen molar-refractivity contribution in [3.8, 4) is 5.75 Å². The molecule has 2 aromatic rings. The molecule has 0 aliphatic carbocycles. The van der Waals surface area contributed by atoms with E-state index in [2.05, 4.69) is 26.0 Å². The zero-order valence-corrected chi connectivity index (χ0v) is 11.3. The number of benzene rings is 1. The normalized spacial score (nSPS) is 18.1. The Morgan fingerprint density at radius 3 is 3.00 bits per heavy atom. The minimum atomic E-state index is 0.387. The first-order valence-electron chi connectivity index (χ1n) is 5.26. The SMILES string of the molecule is Brc1nc2n(n1)CC(COc1ccccc1)S2. The molecule has 0 fully saturated rings. The summed E-state index contributed by atoms with van der Waals surface area (Å²) in [6.07, 6.45) is 0. The van der Waals surface area contributed by atoms with E-state index in [9.17, 15) is 0 Å². The highest BCUT2D eigenvalue weighted by molar-refractivity contribution is 9.10. The molecule has 0 saturated carbocycles. The summed E-state index contributed by atoms with van der Waals surface area (Å²) in [5.74, 6) is 0.909. The molecular weight excluding hydrogens is 302 g/mol. The van der Waals surface area contributed by atoms with Crippen molar-refractivity contribution in [1.29, 1.82) is 0 Å². The maximum absolute atomic E-state index is 5.72. The standard InChI is InChI=1S/C11H10BrN3OS/c12-10-13-11-15(14-10)6-9(17-11)7-16-8-4-2-1-3-5-8/h1-5,9H,6-7H2. The van der Waals surface area contributed by atoms with E-state index in [1.165, 1.54) is 0 Å². The first kappa shape index (κ1) is 11.1. The molecule has 2 heterocycles. The Bertz CT molecular complexity index is 493. The van der Waals surface area contributed by atoms with Crippen molar-refractivity contribution < 1.29 is 4.74 Å². The van der Waals surface area contributed by atoms with Crippen LogP contribution in [0.2, 0.25) is 0 Å². The van der Waals surface area contributed by atoms with Crippen molar-refractivity contribution >= 4 is 27.7 Å². The van der Waals surface area contributed by atoms with Crippen LogP contribution >= 0.6 is 27.7 Å². The zero-order valence-electron chi connectivity index (χ0n) is 8.91. The number of hydrogen-bond donors (Lipinski definition) is 0. The first-order chi connectivity index (χ1) is 8.31. The minimum absolute atomic E-state index is 0.387. The highest BCUT2D eigenvalue weighted by Gasteiger charge is 2.25. The van der Waals surface area contributed by atoms with Crippen molar-refractivity contribution in [2.75, 3.05) is 6.61 Å². The molecule has 0 spiro atoms. The van der Waals surface area contributed by atoms with Gasteiger partial charge in [-0.3, -0.25) is 0 Å². The van der Waals surface area contributed by atoms with E-state index in [0.29, 0.717) is 16.6 Å². The molecule has 0 saturated heterocycles. The molecule has 1 aliphatic heterocycles. The molecule has 0 amide bonds. The van der Waals surface area contributed by atoms with Crippen LogP contribution in [0, 0.1) is 0 Å². The Morgan fingerprint density at radius 2 is 2.24 bits per heavy atom. The van der Waals surface area contributed by atoms with Gasteiger partial charge in [-0.15, -0.1) is 5.10 Å². The first-order valence-corrected chi connectivity index (χ1v) is 6.93. The number of aromatic nitrogens is 3. The number of rotatable bonds is 3. The van der Waals surface area contributed by atoms with Gasteiger partial charge in [-0.1, -0.05) is 30.0 Å². The average molecular weight is 312 g/mol. The minimum Gasteiger partial charge on any atom is -0.492 e. The predicted octanol–water partition coefficient (Wildman–Crippen LogP) is 2.59. The van der Waals surface area contributed by atoms with Crippen molar-refractivity contribution in [2.24, 2.45) is 0 Å². The van der Waals surface area contributed by atoms with Gasteiger partial charge in [-0.2, -0.15) is 4.98 Å². The molecule has 6 heteroatoms. The molecular formula is C11H10BrN3OS. The van der Waals surface area contributed by atoms with Crippen LogP contribution in [0.4, 0.5) is 0 Å².